The van der Waals surface area contributed by atoms with Crippen LogP contribution in [0.25, 0.3) is 21.9 Å². The molecule has 6 heteroatoms. The zero-order valence-corrected chi connectivity index (χ0v) is 9.63. The van der Waals surface area contributed by atoms with Crippen LogP contribution in [0.1, 0.15) is 0 Å². The molecule has 2 nitrogen and oxygen atoms in total. The predicted octanol–water partition coefficient (Wildman–Crippen LogP) is 4.10. The van der Waals surface area contributed by atoms with Gasteiger partial charge in [-0.2, -0.15) is 0 Å². The standard InChI is InChI=1S/C11H3Cl2F2N2/c12-5-3-16-11-9(10(5)13)8-6(15)1-4(14)2-7(8)17-11/h1,3H,(H,16,17). The van der Waals surface area contributed by atoms with E-state index < -0.39 is 11.6 Å². The zero-order valence-electron chi connectivity index (χ0n) is 8.11. The maximum atomic E-state index is 13.7. The minimum atomic E-state index is -0.788. The summed E-state index contributed by atoms with van der Waals surface area (Å²) < 4.78 is 26.7. The van der Waals surface area contributed by atoms with Gasteiger partial charge in [0.25, 0.3) is 0 Å². The molecule has 3 rings (SSSR count). The molecule has 1 N–H and O–H groups in total. The fraction of sp³-hybridized carbons (Fsp3) is 0. The lowest BCUT2D eigenvalue weighted by molar-refractivity contribution is 0.591. The van der Waals surface area contributed by atoms with Crippen LogP contribution in [0.2, 0.25) is 10.0 Å². The van der Waals surface area contributed by atoms with E-state index in [0.717, 1.165) is 6.07 Å². The number of H-pyrrole nitrogens is 1. The Morgan fingerprint density at radius 1 is 1.24 bits per heavy atom. The molecule has 3 aromatic rings. The molecule has 0 amide bonds. The van der Waals surface area contributed by atoms with Crippen molar-refractivity contribution in [3.05, 3.63) is 40.0 Å². The lowest BCUT2D eigenvalue weighted by atomic mass is 10.2. The van der Waals surface area contributed by atoms with E-state index in [9.17, 15) is 8.78 Å². The quantitative estimate of drug-likeness (QED) is 0.655. The van der Waals surface area contributed by atoms with Crippen molar-refractivity contribution in [2.24, 2.45) is 0 Å². The van der Waals surface area contributed by atoms with Gasteiger partial charge in [0.2, 0.25) is 0 Å². The number of nitrogens with zero attached hydrogens (tertiary/aromatic N) is 1. The molecule has 1 radical (unpaired) electrons. The number of aromatic amines is 1. The predicted molar refractivity (Wildman–Crippen MR) is 62.4 cm³/mol. The summed E-state index contributed by atoms with van der Waals surface area (Å²) in [5.41, 5.74) is 0.518. The third-order valence-electron chi connectivity index (χ3n) is 2.45. The van der Waals surface area contributed by atoms with Gasteiger partial charge >= 0.3 is 0 Å². The Bertz CT molecular complexity index is 752. The van der Waals surface area contributed by atoms with Crippen molar-refractivity contribution in [3.8, 4) is 0 Å². The first-order valence-electron chi connectivity index (χ1n) is 4.60. The highest BCUT2D eigenvalue weighted by Gasteiger charge is 2.16. The van der Waals surface area contributed by atoms with Crippen LogP contribution in [-0.4, -0.2) is 9.97 Å². The molecule has 0 aliphatic rings. The Labute approximate surface area is 104 Å². The van der Waals surface area contributed by atoms with Crippen LogP contribution in [-0.2, 0) is 0 Å². The van der Waals surface area contributed by atoms with Gasteiger partial charge in [-0.3, -0.25) is 0 Å². The topological polar surface area (TPSA) is 28.7 Å². The summed E-state index contributed by atoms with van der Waals surface area (Å²) in [6.45, 7) is 0. The molecule has 0 aliphatic carbocycles. The minimum absolute atomic E-state index is 0.140. The average Bonchev–Trinajstić information content (AvgIpc) is 2.62. The third kappa shape index (κ3) is 1.48. The summed E-state index contributed by atoms with van der Waals surface area (Å²) in [6, 6.07) is 3.11. The van der Waals surface area contributed by atoms with Gasteiger partial charge in [0.05, 0.1) is 15.6 Å². The molecular weight excluding hydrogens is 269 g/mol. The van der Waals surface area contributed by atoms with Crippen molar-refractivity contribution < 1.29 is 8.78 Å². The first-order chi connectivity index (χ1) is 8.08. The first-order valence-corrected chi connectivity index (χ1v) is 5.36. The van der Waals surface area contributed by atoms with Gasteiger partial charge < -0.3 is 4.98 Å². The minimum Gasteiger partial charge on any atom is -0.338 e. The number of rotatable bonds is 0. The van der Waals surface area contributed by atoms with Crippen LogP contribution in [0.15, 0.2) is 12.3 Å². The van der Waals surface area contributed by atoms with E-state index in [0.29, 0.717) is 11.0 Å². The van der Waals surface area contributed by atoms with E-state index in [2.05, 4.69) is 16.0 Å². The summed E-state index contributed by atoms with van der Waals surface area (Å²) in [5.74, 6) is -1.52. The number of halogens is 4. The number of fused-ring (bicyclic) bond motifs is 3. The normalized spacial score (nSPS) is 11.5. The van der Waals surface area contributed by atoms with E-state index >= 15 is 0 Å². The molecule has 2 aromatic heterocycles. The van der Waals surface area contributed by atoms with Crippen molar-refractivity contribution in [2.75, 3.05) is 0 Å². The van der Waals surface area contributed by atoms with Gasteiger partial charge in [-0.05, 0) is 0 Å². The van der Waals surface area contributed by atoms with Gasteiger partial charge in [-0.25, -0.2) is 13.8 Å². The Balaban J connectivity index is 2.62. The van der Waals surface area contributed by atoms with Crippen molar-refractivity contribution in [3.63, 3.8) is 0 Å². The third-order valence-corrected chi connectivity index (χ3v) is 3.23. The molecule has 2 heterocycles. The van der Waals surface area contributed by atoms with E-state index in [1.165, 1.54) is 6.20 Å². The van der Waals surface area contributed by atoms with Crippen LogP contribution in [0.5, 0.6) is 0 Å². The van der Waals surface area contributed by atoms with Crippen LogP contribution in [0, 0.1) is 17.7 Å². The number of hydrogen-bond acceptors (Lipinski definition) is 1. The monoisotopic (exact) mass is 271 g/mol. The lowest BCUT2D eigenvalue weighted by Gasteiger charge is -1.98. The fourth-order valence-electron chi connectivity index (χ4n) is 1.77. The van der Waals surface area contributed by atoms with Crippen LogP contribution in [0.3, 0.4) is 0 Å². The molecule has 0 unspecified atom stereocenters. The van der Waals surface area contributed by atoms with E-state index in [1.807, 2.05) is 0 Å². The fourth-order valence-corrected chi connectivity index (χ4v) is 2.14. The SMILES string of the molecule is Fc1[c]c2[nH]c3ncc(Cl)c(Cl)c3c2c(F)c1. The first kappa shape index (κ1) is 10.7. The molecule has 0 fully saturated rings. The van der Waals surface area contributed by atoms with Crippen molar-refractivity contribution >= 4 is 45.1 Å². The molecule has 0 aliphatic heterocycles. The van der Waals surface area contributed by atoms with E-state index in [1.54, 1.807) is 0 Å². The smallest absolute Gasteiger partial charge is 0.140 e. The molecule has 85 valence electrons. The van der Waals surface area contributed by atoms with Crippen LogP contribution < -0.4 is 0 Å². The van der Waals surface area contributed by atoms with Gasteiger partial charge in [-0.15, -0.1) is 0 Å². The second kappa shape index (κ2) is 3.55. The summed E-state index contributed by atoms with van der Waals surface area (Å²) in [4.78, 5) is 6.71. The van der Waals surface area contributed by atoms with Crippen molar-refractivity contribution in [1.82, 2.24) is 9.97 Å². The lowest BCUT2D eigenvalue weighted by Crippen LogP contribution is -1.82. The molecule has 17 heavy (non-hydrogen) atoms. The number of benzene rings is 1. The Morgan fingerprint density at radius 3 is 2.76 bits per heavy atom. The van der Waals surface area contributed by atoms with Crippen molar-refractivity contribution in [2.45, 2.75) is 0 Å². The highest BCUT2D eigenvalue weighted by Crippen LogP contribution is 2.35. The van der Waals surface area contributed by atoms with Gasteiger partial charge in [-0.1, -0.05) is 23.2 Å². The Kier molecular flexibility index (Phi) is 2.24. The molecule has 1 aromatic carbocycles. The van der Waals surface area contributed by atoms with Crippen molar-refractivity contribution in [1.29, 1.82) is 0 Å². The molecule has 0 spiro atoms. The van der Waals surface area contributed by atoms with Crippen LogP contribution >= 0.6 is 23.2 Å². The Hall–Kier alpha value is -1.39. The summed E-state index contributed by atoms with van der Waals surface area (Å²) in [5, 5.41) is 0.870. The van der Waals surface area contributed by atoms with Gasteiger partial charge in [0.1, 0.15) is 17.3 Å². The second-order valence-electron chi connectivity index (χ2n) is 3.48. The number of hydrogen-bond donors (Lipinski definition) is 1. The molecule has 0 saturated carbocycles. The maximum absolute atomic E-state index is 13.7. The average molecular weight is 272 g/mol. The summed E-state index contributed by atoms with van der Waals surface area (Å²) in [6.07, 6.45) is 1.34. The van der Waals surface area contributed by atoms with Crippen LogP contribution in [0.4, 0.5) is 8.78 Å². The highest BCUT2D eigenvalue weighted by atomic mass is 35.5. The van der Waals surface area contributed by atoms with E-state index in [4.69, 9.17) is 23.2 Å². The second-order valence-corrected chi connectivity index (χ2v) is 4.27. The molecular formula is C11H3Cl2F2N2. The largest absolute Gasteiger partial charge is 0.338 e. The highest BCUT2D eigenvalue weighted by molar-refractivity contribution is 6.46. The summed E-state index contributed by atoms with van der Waals surface area (Å²) in [7, 11) is 0. The maximum Gasteiger partial charge on any atom is 0.140 e. The van der Waals surface area contributed by atoms with Gasteiger partial charge in [0.15, 0.2) is 0 Å². The molecule has 0 bridgehead atoms. The molecule has 0 atom stereocenters. The van der Waals surface area contributed by atoms with Gasteiger partial charge in [0, 0.05) is 29.1 Å². The zero-order chi connectivity index (χ0) is 12.2. The number of nitrogens with one attached hydrogen (secondary N) is 1. The Morgan fingerprint density at radius 2 is 2.00 bits per heavy atom. The summed E-state index contributed by atoms with van der Waals surface area (Å²) >= 11 is 11.8. The number of pyridine rings is 1. The number of aromatic nitrogens is 2. The van der Waals surface area contributed by atoms with E-state index in [-0.39, 0.29) is 20.9 Å². The molecule has 0 saturated heterocycles.